The van der Waals surface area contributed by atoms with Gasteiger partial charge in [-0.25, -0.2) is 14.4 Å². The second-order valence-corrected chi connectivity index (χ2v) is 4.16. The molecule has 20 heavy (non-hydrogen) atoms. The first-order valence-corrected chi connectivity index (χ1v) is 6.16. The van der Waals surface area contributed by atoms with E-state index in [1.165, 1.54) is 19.5 Å². The standard InChI is InChI=1S/C14H16FN3O2/c1-3-4-18(5-6-19)14-10-7-13(20-2)11(15)8-12(10)16-9-17-14/h3,7-9,19H,1,4-6H2,2H3. The predicted molar refractivity (Wildman–Crippen MR) is 75.5 cm³/mol. The van der Waals surface area contributed by atoms with E-state index < -0.39 is 5.82 Å². The number of aromatic nitrogens is 2. The summed E-state index contributed by atoms with van der Waals surface area (Å²) >= 11 is 0. The lowest BCUT2D eigenvalue weighted by atomic mass is 10.2. The number of fused-ring (bicyclic) bond motifs is 1. The van der Waals surface area contributed by atoms with Crippen molar-refractivity contribution in [3.63, 3.8) is 0 Å². The lowest BCUT2D eigenvalue weighted by Gasteiger charge is -2.22. The molecule has 0 amide bonds. The number of hydrogen-bond donors (Lipinski definition) is 1. The van der Waals surface area contributed by atoms with Crippen LogP contribution >= 0.6 is 0 Å². The molecule has 6 heteroatoms. The summed E-state index contributed by atoms with van der Waals surface area (Å²) < 4.78 is 18.7. The zero-order valence-corrected chi connectivity index (χ0v) is 11.2. The minimum absolute atomic E-state index is 0.0162. The summed E-state index contributed by atoms with van der Waals surface area (Å²) in [4.78, 5) is 10.1. The molecule has 0 aliphatic heterocycles. The summed E-state index contributed by atoms with van der Waals surface area (Å²) in [5, 5.41) is 9.81. The summed E-state index contributed by atoms with van der Waals surface area (Å²) in [5.74, 6) is 0.278. The van der Waals surface area contributed by atoms with E-state index >= 15 is 0 Å². The lowest BCUT2D eigenvalue weighted by molar-refractivity contribution is 0.303. The first-order valence-electron chi connectivity index (χ1n) is 6.16. The molecule has 0 spiro atoms. The maximum absolute atomic E-state index is 13.7. The highest BCUT2D eigenvalue weighted by atomic mass is 19.1. The van der Waals surface area contributed by atoms with E-state index in [0.29, 0.717) is 29.8 Å². The Morgan fingerprint density at radius 3 is 2.90 bits per heavy atom. The molecule has 0 aliphatic carbocycles. The molecule has 106 valence electrons. The Kier molecular flexibility index (Phi) is 4.47. The van der Waals surface area contributed by atoms with Crippen LogP contribution in [0.1, 0.15) is 0 Å². The van der Waals surface area contributed by atoms with Gasteiger partial charge in [0.05, 0.1) is 19.2 Å². The van der Waals surface area contributed by atoms with Crippen LogP contribution in [0, 0.1) is 5.82 Å². The van der Waals surface area contributed by atoms with Crippen LogP contribution in [-0.2, 0) is 0 Å². The number of hydrogen-bond acceptors (Lipinski definition) is 5. The molecule has 1 N–H and O–H groups in total. The molecule has 2 rings (SSSR count). The number of anilines is 1. The number of nitrogens with zero attached hydrogens (tertiary/aromatic N) is 3. The first-order chi connectivity index (χ1) is 9.71. The molecule has 1 aromatic heterocycles. The third-order valence-electron chi connectivity index (χ3n) is 2.91. The highest BCUT2D eigenvalue weighted by molar-refractivity contribution is 5.90. The van der Waals surface area contributed by atoms with Crippen LogP contribution in [0.4, 0.5) is 10.2 Å². The minimum Gasteiger partial charge on any atom is -0.494 e. The molecule has 0 unspecified atom stereocenters. The Morgan fingerprint density at radius 2 is 2.25 bits per heavy atom. The van der Waals surface area contributed by atoms with E-state index in [1.54, 1.807) is 12.1 Å². The van der Waals surface area contributed by atoms with E-state index in [2.05, 4.69) is 16.5 Å². The smallest absolute Gasteiger partial charge is 0.167 e. The van der Waals surface area contributed by atoms with Gasteiger partial charge in [0.15, 0.2) is 11.6 Å². The molecule has 0 bridgehead atoms. The van der Waals surface area contributed by atoms with E-state index in [1.807, 2.05) is 4.90 Å². The van der Waals surface area contributed by atoms with Crippen LogP contribution in [-0.4, -0.2) is 41.9 Å². The summed E-state index contributed by atoms with van der Waals surface area (Å²) in [6.07, 6.45) is 3.08. The van der Waals surface area contributed by atoms with Crippen molar-refractivity contribution in [2.75, 3.05) is 31.7 Å². The lowest BCUT2D eigenvalue weighted by Crippen LogP contribution is -2.27. The van der Waals surface area contributed by atoms with Crippen molar-refractivity contribution in [2.24, 2.45) is 0 Å². The largest absolute Gasteiger partial charge is 0.494 e. The van der Waals surface area contributed by atoms with Gasteiger partial charge in [-0.15, -0.1) is 6.58 Å². The van der Waals surface area contributed by atoms with Gasteiger partial charge in [0, 0.05) is 24.5 Å². The van der Waals surface area contributed by atoms with Crippen molar-refractivity contribution in [3.8, 4) is 5.75 Å². The Bertz CT molecular complexity index is 619. The number of halogens is 1. The predicted octanol–water partition coefficient (Wildman–Crippen LogP) is 1.76. The molecule has 0 saturated carbocycles. The molecule has 0 aliphatic rings. The molecule has 2 aromatic rings. The minimum atomic E-state index is -0.470. The van der Waals surface area contributed by atoms with E-state index in [0.717, 1.165) is 0 Å². The molecular formula is C14H16FN3O2. The molecule has 1 heterocycles. The molecule has 1 aromatic carbocycles. The van der Waals surface area contributed by atoms with Crippen LogP contribution in [0.3, 0.4) is 0 Å². The van der Waals surface area contributed by atoms with Gasteiger partial charge in [0.1, 0.15) is 12.1 Å². The maximum Gasteiger partial charge on any atom is 0.167 e. The van der Waals surface area contributed by atoms with Gasteiger partial charge in [-0.1, -0.05) is 6.08 Å². The van der Waals surface area contributed by atoms with Crippen molar-refractivity contribution in [3.05, 3.63) is 36.9 Å². The van der Waals surface area contributed by atoms with Gasteiger partial charge in [-0.3, -0.25) is 0 Å². The summed E-state index contributed by atoms with van der Waals surface area (Å²) in [7, 11) is 1.41. The van der Waals surface area contributed by atoms with Crippen molar-refractivity contribution < 1.29 is 14.2 Å². The van der Waals surface area contributed by atoms with Crippen molar-refractivity contribution in [1.29, 1.82) is 0 Å². The average Bonchev–Trinajstić information content (AvgIpc) is 2.45. The Balaban J connectivity index is 2.59. The molecule has 0 atom stereocenters. The van der Waals surface area contributed by atoms with Crippen LogP contribution in [0.5, 0.6) is 5.75 Å². The van der Waals surface area contributed by atoms with Gasteiger partial charge in [0.25, 0.3) is 0 Å². The average molecular weight is 277 g/mol. The zero-order valence-electron chi connectivity index (χ0n) is 11.2. The third-order valence-corrected chi connectivity index (χ3v) is 2.91. The Hall–Kier alpha value is -2.21. The topological polar surface area (TPSA) is 58.5 Å². The second kappa shape index (κ2) is 6.29. The summed E-state index contributed by atoms with van der Waals surface area (Å²) in [6, 6.07) is 2.87. The fourth-order valence-corrected chi connectivity index (χ4v) is 2.01. The molecule has 5 nitrogen and oxygen atoms in total. The van der Waals surface area contributed by atoms with E-state index in [9.17, 15) is 4.39 Å². The van der Waals surface area contributed by atoms with Gasteiger partial charge in [-0.05, 0) is 6.07 Å². The van der Waals surface area contributed by atoms with Gasteiger partial charge >= 0.3 is 0 Å². The fraction of sp³-hybridized carbons (Fsp3) is 0.286. The molecule has 0 radical (unpaired) electrons. The van der Waals surface area contributed by atoms with Gasteiger partial charge < -0.3 is 14.7 Å². The molecule has 0 saturated heterocycles. The normalized spacial score (nSPS) is 10.6. The van der Waals surface area contributed by atoms with E-state index in [-0.39, 0.29) is 12.4 Å². The fourth-order valence-electron chi connectivity index (χ4n) is 2.01. The van der Waals surface area contributed by atoms with Crippen molar-refractivity contribution >= 4 is 16.7 Å². The van der Waals surface area contributed by atoms with Crippen LogP contribution in [0.25, 0.3) is 10.9 Å². The number of benzene rings is 1. The van der Waals surface area contributed by atoms with Gasteiger partial charge in [0.2, 0.25) is 0 Å². The highest BCUT2D eigenvalue weighted by Gasteiger charge is 2.14. The number of aliphatic hydroxyl groups excluding tert-OH is 1. The van der Waals surface area contributed by atoms with Gasteiger partial charge in [-0.2, -0.15) is 0 Å². The summed E-state index contributed by atoms with van der Waals surface area (Å²) in [6.45, 7) is 4.59. The van der Waals surface area contributed by atoms with Crippen molar-refractivity contribution in [1.82, 2.24) is 9.97 Å². The summed E-state index contributed by atoms with van der Waals surface area (Å²) in [5.41, 5.74) is 0.486. The first kappa shape index (κ1) is 14.2. The second-order valence-electron chi connectivity index (χ2n) is 4.16. The molecule has 0 fully saturated rings. The van der Waals surface area contributed by atoms with Crippen molar-refractivity contribution in [2.45, 2.75) is 0 Å². The number of ether oxygens (including phenoxy) is 1. The number of methoxy groups -OCH3 is 1. The molecular weight excluding hydrogens is 261 g/mol. The monoisotopic (exact) mass is 277 g/mol. The van der Waals surface area contributed by atoms with Crippen LogP contribution in [0.15, 0.2) is 31.1 Å². The number of aliphatic hydroxyl groups is 1. The Labute approximate surface area is 116 Å². The number of rotatable bonds is 6. The quantitative estimate of drug-likeness (QED) is 0.815. The SMILES string of the molecule is C=CCN(CCO)c1ncnc2cc(F)c(OC)cc12. The Morgan fingerprint density at radius 1 is 1.45 bits per heavy atom. The highest BCUT2D eigenvalue weighted by Crippen LogP contribution is 2.29. The van der Waals surface area contributed by atoms with E-state index in [4.69, 9.17) is 9.84 Å². The maximum atomic E-state index is 13.7. The van der Waals surface area contributed by atoms with Crippen LogP contribution in [0.2, 0.25) is 0 Å². The van der Waals surface area contributed by atoms with Crippen LogP contribution < -0.4 is 9.64 Å². The zero-order chi connectivity index (χ0) is 14.5. The third kappa shape index (κ3) is 2.70.